The van der Waals surface area contributed by atoms with Gasteiger partial charge in [0.25, 0.3) is 0 Å². The van der Waals surface area contributed by atoms with E-state index in [0.717, 1.165) is 35.5 Å². The van der Waals surface area contributed by atoms with Crippen LogP contribution in [0.1, 0.15) is 40.5 Å². The summed E-state index contributed by atoms with van der Waals surface area (Å²) in [6.07, 6.45) is 7.80. The molecule has 0 aromatic carbocycles. The first-order chi connectivity index (χ1) is 6.61. The lowest BCUT2D eigenvalue weighted by Crippen LogP contribution is -2.25. The smallest absolute Gasteiger partial charge is 0.0169 e. The van der Waals surface area contributed by atoms with Gasteiger partial charge in [0.2, 0.25) is 0 Å². The summed E-state index contributed by atoms with van der Waals surface area (Å²) in [5, 5.41) is 0. The van der Waals surface area contributed by atoms with E-state index in [0.29, 0.717) is 0 Å². The summed E-state index contributed by atoms with van der Waals surface area (Å²) in [7, 11) is 0. The summed E-state index contributed by atoms with van der Waals surface area (Å²) in [4.78, 5) is 0. The maximum absolute atomic E-state index is 2.53. The van der Waals surface area contributed by atoms with Gasteiger partial charge in [0.05, 0.1) is 0 Å². The highest BCUT2D eigenvalue weighted by molar-refractivity contribution is 5.09. The molecule has 0 spiro atoms. The van der Waals surface area contributed by atoms with Crippen molar-refractivity contribution in [1.29, 1.82) is 0 Å². The number of fused-ring (bicyclic) bond motifs is 2. The van der Waals surface area contributed by atoms with Crippen molar-refractivity contribution in [2.45, 2.75) is 40.5 Å². The fourth-order valence-electron chi connectivity index (χ4n) is 3.90. The molecule has 1 saturated carbocycles. The van der Waals surface area contributed by atoms with E-state index in [1.54, 1.807) is 0 Å². The van der Waals surface area contributed by atoms with Crippen molar-refractivity contribution in [3.8, 4) is 0 Å². The van der Waals surface area contributed by atoms with Gasteiger partial charge in [-0.05, 0) is 48.3 Å². The van der Waals surface area contributed by atoms with E-state index in [4.69, 9.17) is 0 Å². The van der Waals surface area contributed by atoms with E-state index >= 15 is 0 Å². The van der Waals surface area contributed by atoms with Crippen LogP contribution in [0.2, 0.25) is 0 Å². The van der Waals surface area contributed by atoms with E-state index in [-0.39, 0.29) is 0 Å². The fourth-order valence-corrected chi connectivity index (χ4v) is 3.90. The van der Waals surface area contributed by atoms with Gasteiger partial charge in [0.15, 0.2) is 0 Å². The predicted molar refractivity (Wildman–Crippen MR) is 62.0 cm³/mol. The van der Waals surface area contributed by atoms with E-state index < -0.39 is 0 Å². The molecule has 0 radical (unpaired) electrons. The Hall–Kier alpha value is -0.260. The molecule has 0 amide bonds. The third-order valence-electron chi connectivity index (χ3n) is 4.48. The predicted octanol–water partition coefficient (Wildman–Crippen LogP) is 4.13. The average Bonchev–Trinajstić information content (AvgIpc) is 2.34. The van der Waals surface area contributed by atoms with Gasteiger partial charge in [-0.3, -0.25) is 0 Å². The largest absolute Gasteiger partial charge is 0.0880 e. The SMILES string of the molecule is CC(C)C1CC2CC=CC1C2C(C)C. The minimum absolute atomic E-state index is 0.869. The molecule has 0 N–H and O–H groups in total. The van der Waals surface area contributed by atoms with Crippen molar-refractivity contribution < 1.29 is 0 Å². The van der Waals surface area contributed by atoms with Crippen LogP contribution in [-0.4, -0.2) is 0 Å². The van der Waals surface area contributed by atoms with Crippen molar-refractivity contribution in [3.05, 3.63) is 12.2 Å². The normalized spacial score (nSPS) is 41.3. The van der Waals surface area contributed by atoms with Gasteiger partial charge in [-0.1, -0.05) is 39.8 Å². The highest BCUT2D eigenvalue weighted by atomic mass is 14.5. The van der Waals surface area contributed by atoms with Crippen LogP contribution < -0.4 is 0 Å². The zero-order valence-electron chi connectivity index (χ0n) is 10.0. The number of rotatable bonds is 2. The maximum Gasteiger partial charge on any atom is -0.0169 e. The van der Waals surface area contributed by atoms with Crippen molar-refractivity contribution in [2.75, 3.05) is 0 Å². The monoisotopic (exact) mass is 192 g/mol. The molecule has 0 heteroatoms. The molecule has 0 aliphatic heterocycles. The Morgan fingerprint density at radius 2 is 1.79 bits per heavy atom. The van der Waals surface area contributed by atoms with Crippen LogP contribution in [0.4, 0.5) is 0 Å². The molecule has 4 unspecified atom stereocenters. The Labute approximate surface area is 88.8 Å². The van der Waals surface area contributed by atoms with Crippen LogP contribution in [0.15, 0.2) is 12.2 Å². The standard InChI is InChI=1S/C14H24/c1-9(2)13-8-11-6-5-7-12(13)14(11)10(3)4/h5,7,9-14H,6,8H2,1-4H3. The van der Waals surface area contributed by atoms with Crippen molar-refractivity contribution in [2.24, 2.45) is 35.5 Å². The molecular weight excluding hydrogens is 168 g/mol. The molecule has 0 aromatic rings. The van der Waals surface area contributed by atoms with Crippen LogP contribution in [0.5, 0.6) is 0 Å². The van der Waals surface area contributed by atoms with Gasteiger partial charge >= 0.3 is 0 Å². The molecule has 14 heavy (non-hydrogen) atoms. The number of hydrogen-bond acceptors (Lipinski definition) is 0. The Morgan fingerprint density at radius 3 is 2.29 bits per heavy atom. The molecule has 0 aromatic heterocycles. The second kappa shape index (κ2) is 3.72. The summed E-state index contributed by atoms with van der Waals surface area (Å²) >= 11 is 0. The highest BCUT2D eigenvalue weighted by Crippen LogP contribution is 2.52. The van der Waals surface area contributed by atoms with Crippen molar-refractivity contribution in [1.82, 2.24) is 0 Å². The van der Waals surface area contributed by atoms with Gasteiger partial charge in [0, 0.05) is 0 Å². The van der Waals surface area contributed by atoms with Crippen molar-refractivity contribution in [3.63, 3.8) is 0 Å². The molecule has 4 atom stereocenters. The molecular formula is C14H24. The van der Waals surface area contributed by atoms with Gasteiger partial charge in [-0.2, -0.15) is 0 Å². The van der Waals surface area contributed by atoms with E-state index in [1.807, 2.05) is 0 Å². The minimum atomic E-state index is 0.869. The molecule has 0 nitrogen and oxygen atoms in total. The fraction of sp³-hybridized carbons (Fsp3) is 0.857. The van der Waals surface area contributed by atoms with E-state index in [1.165, 1.54) is 12.8 Å². The van der Waals surface area contributed by atoms with Crippen molar-refractivity contribution >= 4 is 0 Å². The van der Waals surface area contributed by atoms with Crippen LogP contribution >= 0.6 is 0 Å². The molecule has 0 saturated heterocycles. The Morgan fingerprint density at radius 1 is 1.07 bits per heavy atom. The van der Waals surface area contributed by atoms with E-state index in [9.17, 15) is 0 Å². The molecule has 2 aliphatic rings. The third kappa shape index (κ3) is 1.53. The third-order valence-corrected chi connectivity index (χ3v) is 4.48. The zero-order chi connectivity index (χ0) is 10.3. The Kier molecular flexibility index (Phi) is 2.72. The number of allylic oxidation sites excluding steroid dienone is 2. The van der Waals surface area contributed by atoms with E-state index in [2.05, 4.69) is 39.8 Å². The first-order valence-corrected chi connectivity index (χ1v) is 6.28. The summed E-state index contributed by atoms with van der Waals surface area (Å²) in [6, 6.07) is 0. The highest BCUT2D eigenvalue weighted by Gasteiger charge is 2.45. The lowest BCUT2D eigenvalue weighted by Gasteiger charge is -2.31. The minimum Gasteiger partial charge on any atom is -0.0880 e. The summed E-state index contributed by atoms with van der Waals surface area (Å²) < 4.78 is 0. The quantitative estimate of drug-likeness (QED) is 0.577. The van der Waals surface area contributed by atoms with Gasteiger partial charge in [-0.15, -0.1) is 0 Å². The van der Waals surface area contributed by atoms with Gasteiger partial charge in [0.1, 0.15) is 0 Å². The van der Waals surface area contributed by atoms with Gasteiger partial charge < -0.3 is 0 Å². The Balaban J connectivity index is 2.20. The van der Waals surface area contributed by atoms with Crippen LogP contribution in [0.3, 0.4) is 0 Å². The lowest BCUT2D eigenvalue weighted by molar-refractivity contribution is 0.226. The number of hydrogen-bond donors (Lipinski definition) is 0. The van der Waals surface area contributed by atoms with Crippen LogP contribution in [-0.2, 0) is 0 Å². The molecule has 80 valence electrons. The molecule has 2 bridgehead atoms. The van der Waals surface area contributed by atoms with Crippen LogP contribution in [0.25, 0.3) is 0 Å². The molecule has 1 fully saturated rings. The topological polar surface area (TPSA) is 0 Å². The summed E-state index contributed by atoms with van der Waals surface area (Å²) in [5.74, 6) is 5.58. The molecule has 0 heterocycles. The Bertz CT molecular complexity index is 224. The average molecular weight is 192 g/mol. The molecule has 2 rings (SSSR count). The lowest BCUT2D eigenvalue weighted by atomic mass is 9.74. The second-order valence-corrected chi connectivity index (χ2v) is 5.97. The first-order valence-electron chi connectivity index (χ1n) is 6.28. The molecule has 2 aliphatic carbocycles. The zero-order valence-corrected chi connectivity index (χ0v) is 10.0. The van der Waals surface area contributed by atoms with Crippen LogP contribution in [0, 0.1) is 35.5 Å². The second-order valence-electron chi connectivity index (χ2n) is 5.97. The summed E-state index contributed by atoms with van der Waals surface area (Å²) in [5.41, 5.74) is 0. The maximum atomic E-state index is 2.53. The van der Waals surface area contributed by atoms with Gasteiger partial charge in [-0.25, -0.2) is 0 Å². The summed E-state index contributed by atoms with van der Waals surface area (Å²) in [6.45, 7) is 9.62. The first kappa shape index (κ1) is 10.3.